The van der Waals surface area contributed by atoms with Gasteiger partial charge < -0.3 is 15.7 Å². The van der Waals surface area contributed by atoms with E-state index in [4.69, 9.17) is 0 Å². The summed E-state index contributed by atoms with van der Waals surface area (Å²) >= 11 is 3.30. The lowest BCUT2D eigenvalue weighted by Crippen LogP contribution is -2.52. The minimum absolute atomic E-state index is 0.0586. The summed E-state index contributed by atoms with van der Waals surface area (Å²) in [4.78, 5) is 23.9. The molecule has 0 bridgehead atoms. The predicted octanol–water partition coefficient (Wildman–Crippen LogP) is 1.60. The number of amides is 2. The second-order valence-electron chi connectivity index (χ2n) is 5.36. The number of nitrogens with one attached hydrogen (secondary N) is 2. The fraction of sp³-hybridized carbons (Fsp3) is 0.467. The zero-order chi connectivity index (χ0) is 15.3. The van der Waals surface area contributed by atoms with Gasteiger partial charge in [0.05, 0.1) is 24.3 Å². The van der Waals surface area contributed by atoms with Gasteiger partial charge >= 0.3 is 0 Å². The number of benzene rings is 1. The third kappa shape index (κ3) is 4.04. The summed E-state index contributed by atoms with van der Waals surface area (Å²) in [6.07, 6.45) is 3.58. The van der Waals surface area contributed by atoms with E-state index in [-0.39, 0.29) is 25.0 Å². The zero-order valence-corrected chi connectivity index (χ0v) is 13.3. The largest absolute Gasteiger partial charge is 0.394 e. The van der Waals surface area contributed by atoms with E-state index in [2.05, 4.69) is 26.6 Å². The molecule has 21 heavy (non-hydrogen) atoms. The summed E-state index contributed by atoms with van der Waals surface area (Å²) in [5, 5.41) is 14.9. The highest BCUT2D eigenvalue weighted by atomic mass is 79.9. The minimum Gasteiger partial charge on any atom is -0.394 e. The Balaban J connectivity index is 1.87. The molecule has 1 aliphatic rings. The fourth-order valence-electron chi connectivity index (χ4n) is 2.62. The third-order valence-corrected chi connectivity index (χ3v) is 4.49. The van der Waals surface area contributed by atoms with Gasteiger partial charge in [-0.1, -0.05) is 25.0 Å². The smallest absolute Gasteiger partial charge is 0.252 e. The predicted molar refractivity (Wildman–Crippen MR) is 82.9 cm³/mol. The molecule has 0 saturated heterocycles. The van der Waals surface area contributed by atoms with Gasteiger partial charge in [-0.2, -0.15) is 0 Å². The van der Waals surface area contributed by atoms with Crippen molar-refractivity contribution in [1.29, 1.82) is 0 Å². The Morgan fingerprint density at radius 1 is 1.24 bits per heavy atom. The maximum Gasteiger partial charge on any atom is 0.252 e. The highest BCUT2D eigenvalue weighted by Crippen LogP contribution is 2.28. The van der Waals surface area contributed by atoms with Gasteiger partial charge in [0.15, 0.2) is 0 Å². The zero-order valence-electron chi connectivity index (χ0n) is 11.7. The van der Waals surface area contributed by atoms with Crippen LogP contribution in [0.25, 0.3) is 0 Å². The van der Waals surface area contributed by atoms with Gasteiger partial charge in [-0.3, -0.25) is 9.59 Å². The molecule has 0 aliphatic heterocycles. The first-order valence-electron chi connectivity index (χ1n) is 7.01. The second-order valence-corrected chi connectivity index (χ2v) is 6.21. The van der Waals surface area contributed by atoms with Crippen LogP contribution in [-0.4, -0.2) is 35.6 Å². The first kappa shape index (κ1) is 16.0. The monoisotopic (exact) mass is 354 g/mol. The molecule has 2 amide bonds. The number of aliphatic hydroxyl groups excluding tert-OH is 1. The van der Waals surface area contributed by atoms with Crippen molar-refractivity contribution in [2.45, 2.75) is 31.2 Å². The summed E-state index contributed by atoms with van der Waals surface area (Å²) < 4.78 is 0.686. The van der Waals surface area contributed by atoms with E-state index in [1.54, 1.807) is 18.2 Å². The molecule has 0 spiro atoms. The lowest BCUT2D eigenvalue weighted by molar-refractivity contribution is -0.122. The highest BCUT2D eigenvalue weighted by molar-refractivity contribution is 9.10. The molecule has 0 radical (unpaired) electrons. The third-order valence-electron chi connectivity index (χ3n) is 3.80. The number of aliphatic hydroxyl groups is 1. The van der Waals surface area contributed by atoms with E-state index < -0.39 is 5.54 Å². The molecule has 6 heteroatoms. The summed E-state index contributed by atoms with van der Waals surface area (Å²) in [6.45, 7) is -0.154. The summed E-state index contributed by atoms with van der Waals surface area (Å²) in [7, 11) is 0. The van der Waals surface area contributed by atoms with Crippen molar-refractivity contribution >= 4 is 27.7 Å². The molecular weight excluding hydrogens is 336 g/mol. The van der Waals surface area contributed by atoms with E-state index in [1.807, 2.05) is 6.07 Å². The maximum atomic E-state index is 12.0. The van der Waals surface area contributed by atoms with E-state index >= 15 is 0 Å². The number of carbonyl (C=O) groups is 2. The van der Waals surface area contributed by atoms with Crippen molar-refractivity contribution in [3.8, 4) is 0 Å². The lowest BCUT2D eigenvalue weighted by Gasteiger charge is -2.28. The van der Waals surface area contributed by atoms with Crippen LogP contribution in [0.2, 0.25) is 0 Å². The number of rotatable bonds is 5. The first-order valence-corrected chi connectivity index (χ1v) is 7.80. The summed E-state index contributed by atoms with van der Waals surface area (Å²) in [5.74, 6) is -0.576. The molecule has 1 aromatic carbocycles. The van der Waals surface area contributed by atoms with Crippen molar-refractivity contribution in [3.05, 3.63) is 34.3 Å². The van der Waals surface area contributed by atoms with Crippen LogP contribution in [0.4, 0.5) is 0 Å². The average molecular weight is 355 g/mol. The molecule has 1 fully saturated rings. The molecule has 5 nitrogen and oxygen atoms in total. The summed E-state index contributed by atoms with van der Waals surface area (Å²) in [6, 6.07) is 7.04. The molecule has 3 N–H and O–H groups in total. The molecule has 0 heterocycles. The number of carbonyl (C=O) groups excluding carboxylic acids is 2. The van der Waals surface area contributed by atoms with Gasteiger partial charge in [-0.05, 0) is 40.9 Å². The molecule has 0 aromatic heterocycles. The highest BCUT2D eigenvalue weighted by Gasteiger charge is 2.34. The normalized spacial score (nSPS) is 16.5. The Kier molecular flexibility index (Phi) is 5.36. The van der Waals surface area contributed by atoms with Crippen LogP contribution in [0.15, 0.2) is 28.7 Å². The van der Waals surface area contributed by atoms with Gasteiger partial charge in [-0.25, -0.2) is 0 Å². The summed E-state index contributed by atoms with van der Waals surface area (Å²) in [5.41, 5.74) is -0.0159. The quantitative estimate of drug-likeness (QED) is 0.751. The van der Waals surface area contributed by atoms with Crippen LogP contribution < -0.4 is 10.6 Å². The molecule has 2 rings (SSSR count). The molecule has 1 saturated carbocycles. The van der Waals surface area contributed by atoms with Crippen molar-refractivity contribution in [3.63, 3.8) is 0 Å². The van der Waals surface area contributed by atoms with Gasteiger partial charge in [0, 0.05) is 4.47 Å². The van der Waals surface area contributed by atoms with Gasteiger partial charge in [-0.15, -0.1) is 0 Å². The van der Waals surface area contributed by atoms with Crippen molar-refractivity contribution < 1.29 is 14.7 Å². The topological polar surface area (TPSA) is 78.4 Å². The van der Waals surface area contributed by atoms with Crippen LogP contribution in [0.5, 0.6) is 0 Å². The molecule has 1 aromatic rings. The van der Waals surface area contributed by atoms with Crippen LogP contribution in [0.3, 0.4) is 0 Å². The Hall–Kier alpha value is -1.40. The Bertz CT molecular complexity index is 527. The van der Waals surface area contributed by atoms with Gasteiger partial charge in [0.2, 0.25) is 5.91 Å². The number of halogens is 1. The average Bonchev–Trinajstić information content (AvgIpc) is 2.94. The van der Waals surface area contributed by atoms with Gasteiger partial charge in [0.25, 0.3) is 5.91 Å². The van der Waals surface area contributed by atoms with E-state index in [0.29, 0.717) is 10.0 Å². The van der Waals surface area contributed by atoms with Crippen LogP contribution in [0.1, 0.15) is 36.0 Å². The Morgan fingerprint density at radius 2 is 1.90 bits per heavy atom. The Morgan fingerprint density at radius 3 is 2.52 bits per heavy atom. The second kappa shape index (κ2) is 7.04. The maximum absolute atomic E-state index is 12.0. The molecular formula is C15H19BrN2O3. The fourth-order valence-corrected chi connectivity index (χ4v) is 3.08. The van der Waals surface area contributed by atoms with E-state index in [0.717, 1.165) is 25.7 Å². The molecule has 0 unspecified atom stereocenters. The van der Waals surface area contributed by atoms with Crippen LogP contribution in [0, 0.1) is 0 Å². The van der Waals surface area contributed by atoms with Gasteiger partial charge in [0.1, 0.15) is 0 Å². The molecule has 0 atom stereocenters. The minimum atomic E-state index is -0.505. The lowest BCUT2D eigenvalue weighted by atomic mass is 9.99. The van der Waals surface area contributed by atoms with E-state index in [1.165, 1.54) is 0 Å². The standard InChI is InChI=1S/C15H19BrN2O3/c16-12-6-2-1-5-11(12)14(21)17-9-13(20)18-15(10-19)7-3-4-8-15/h1-2,5-6,19H,3-4,7-10H2,(H,17,21)(H,18,20). The molecule has 114 valence electrons. The molecule has 1 aliphatic carbocycles. The SMILES string of the molecule is O=C(CNC(=O)c1ccccc1Br)NC1(CO)CCCC1. The van der Waals surface area contributed by atoms with Crippen LogP contribution >= 0.6 is 15.9 Å². The number of hydrogen-bond donors (Lipinski definition) is 3. The van der Waals surface area contributed by atoms with Crippen molar-refractivity contribution in [1.82, 2.24) is 10.6 Å². The van der Waals surface area contributed by atoms with Crippen molar-refractivity contribution in [2.75, 3.05) is 13.2 Å². The number of hydrogen-bond acceptors (Lipinski definition) is 3. The first-order chi connectivity index (χ1) is 10.1. The van der Waals surface area contributed by atoms with E-state index in [9.17, 15) is 14.7 Å². The van der Waals surface area contributed by atoms with Crippen molar-refractivity contribution in [2.24, 2.45) is 0 Å². The van der Waals surface area contributed by atoms with Crippen LogP contribution in [-0.2, 0) is 4.79 Å². The Labute approximate surface area is 132 Å².